The molecule has 3 aromatic rings. The van der Waals surface area contributed by atoms with Gasteiger partial charge in [0, 0.05) is 30.3 Å². The molecular formula is C22H17F3N4O3. The first-order valence-corrected chi connectivity index (χ1v) is 9.65. The van der Waals surface area contributed by atoms with Crippen molar-refractivity contribution in [1.29, 1.82) is 0 Å². The Morgan fingerprint density at radius 1 is 1.00 bits per heavy atom. The highest BCUT2D eigenvalue weighted by Gasteiger charge is 2.34. The predicted octanol–water partition coefficient (Wildman–Crippen LogP) is 4.11. The highest BCUT2D eigenvalue weighted by atomic mass is 19.4. The van der Waals surface area contributed by atoms with Crippen LogP contribution in [0.25, 0.3) is 5.69 Å². The Balaban J connectivity index is 1.52. The number of amides is 3. The van der Waals surface area contributed by atoms with E-state index in [0.29, 0.717) is 22.6 Å². The minimum absolute atomic E-state index is 0.155. The summed E-state index contributed by atoms with van der Waals surface area (Å²) in [4.78, 5) is 37.9. The number of carbonyl (C=O) groups excluding carboxylic acids is 3. The molecule has 164 valence electrons. The van der Waals surface area contributed by atoms with E-state index < -0.39 is 17.8 Å². The molecule has 32 heavy (non-hydrogen) atoms. The first-order chi connectivity index (χ1) is 15.1. The minimum Gasteiger partial charge on any atom is -0.322 e. The summed E-state index contributed by atoms with van der Waals surface area (Å²) in [6.07, 6.45) is -3.04. The number of nitrogens with one attached hydrogen (secondary N) is 1. The van der Waals surface area contributed by atoms with E-state index in [1.54, 1.807) is 25.1 Å². The number of imide groups is 1. The molecule has 0 radical (unpaired) electrons. The summed E-state index contributed by atoms with van der Waals surface area (Å²) in [5.41, 5.74) is 1.05. The average Bonchev–Trinajstić information content (AvgIpc) is 3.37. The first-order valence-electron chi connectivity index (χ1n) is 9.65. The van der Waals surface area contributed by atoms with Gasteiger partial charge in [0.2, 0.25) is 11.8 Å². The van der Waals surface area contributed by atoms with Gasteiger partial charge in [-0.15, -0.1) is 0 Å². The van der Waals surface area contributed by atoms with Crippen LogP contribution >= 0.6 is 0 Å². The number of aromatic nitrogens is 2. The number of hydrogen-bond donors (Lipinski definition) is 1. The maximum atomic E-state index is 12.7. The Morgan fingerprint density at radius 3 is 2.25 bits per heavy atom. The lowest BCUT2D eigenvalue weighted by atomic mass is 10.1. The zero-order chi connectivity index (χ0) is 23.0. The van der Waals surface area contributed by atoms with Gasteiger partial charge < -0.3 is 5.32 Å². The van der Waals surface area contributed by atoms with E-state index in [1.807, 2.05) is 0 Å². The van der Waals surface area contributed by atoms with E-state index in [1.165, 1.54) is 30.5 Å². The number of carbonyl (C=O) groups is 3. The second-order valence-electron chi connectivity index (χ2n) is 7.22. The largest absolute Gasteiger partial charge is 0.435 e. The molecule has 0 saturated carbocycles. The van der Waals surface area contributed by atoms with Crippen LogP contribution in [-0.2, 0) is 15.8 Å². The van der Waals surface area contributed by atoms with Gasteiger partial charge in [-0.25, -0.2) is 4.68 Å². The third-order valence-corrected chi connectivity index (χ3v) is 5.12. The van der Waals surface area contributed by atoms with Crippen molar-refractivity contribution in [3.8, 4) is 5.69 Å². The fourth-order valence-corrected chi connectivity index (χ4v) is 3.43. The van der Waals surface area contributed by atoms with Gasteiger partial charge >= 0.3 is 6.18 Å². The van der Waals surface area contributed by atoms with E-state index in [9.17, 15) is 27.6 Å². The Hall–Kier alpha value is -3.95. The fourth-order valence-electron chi connectivity index (χ4n) is 3.43. The first kappa shape index (κ1) is 21.3. The van der Waals surface area contributed by atoms with Gasteiger partial charge in [0.05, 0.1) is 11.4 Å². The average molecular weight is 442 g/mol. The number of halogens is 3. The smallest absolute Gasteiger partial charge is 0.322 e. The van der Waals surface area contributed by atoms with Crippen LogP contribution in [0, 0.1) is 6.92 Å². The molecular weight excluding hydrogens is 425 g/mol. The van der Waals surface area contributed by atoms with Gasteiger partial charge in [-0.1, -0.05) is 6.07 Å². The van der Waals surface area contributed by atoms with Crippen molar-refractivity contribution in [1.82, 2.24) is 9.78 Å². The predicted molar refractivity (Wildman–Crippen MR) is 109 cm³/mol. The van der Waals surface area contributed by atoms with Crippen LogP contribution < -0.4 is 10.2 Å². The van der Waals surface area contributed by atoms with Crippen molar-refractivity contribution in [3.63, 3.8) is 0 Å². The van der Waals surface area contributed by atoms with E-state index in [2.05, 4.69) is 10.4 Å². The van der Waals surface area contributed by atoms with Crippen LogP contribution in [0.2, 0.25) is 0 Å². The van der Waals surface area contributed by atoms with E-state index in [-0.39, 0.29) is 30.2 Å². The Kier molecular flexibility index (Phi) is 5.29. The highest BCUT2D eigenvalue weighted by Crippen LogP contribution is 2.31. The maximum Gasteiger partial charge on any atom is 0.435 e. The molecule has 3 amide bonds. The summed E-state index contributed by atoms with van der Waals surface area (Å²) in [5, 5.41) is 6.24. The zero-order valence-electron chi connectivity index (χ0n) is 16.8. The Morgan fingerprint density at radius 2 is 1.66 bits per heavy atom. The normalized spacial score (nSPS) is 14.2. The Labute approximate surface area is 180 Å². The van der Waals surface area contributed by atoms with Crippen LogP contribution in [0.1, 0.15) is 34.5 Å². The van der Waals surface area contributed by atoms with Crippen molar-refractivity contribution in [2.75, 3.05) is 10.2 Å². The minimum atomic E-state index is -4.54. The van der Waals surface area contributed by atoms with Gasteiger partial charge in [-0.2, -0.15) is 18.3 Å². The van der Waals surface area contributed by atoms with Gasteiger partial charge in [-0.05, 0) is 55.0 Å². The van der Waals surface area contributed by atoms with Crippen LogP contribution in [0.5, 0.6) is 0 Å². The molecule has 1 aliphatic rings. The van der Waals surface area contributed by atoms with E-state index in [4.69, 9.17) is 0 Å². The molecule has 7 nitrogen and oxygen atoms in total. The summed E-state index contributed by atoms with van der Waals surface area (Å²) in [6, 6.07) is 11.7. The number of rotatable bonds is 4. The lowest BCUT2D eigenvalue weighted by Crippen LogP contribution is -2.29. The third kappa shape index (κ3) is 3.98. The lowest BCUT2D eigenvalue weighted by Gasteiger charge is -2.19. The van der Waals surface area contributed by atoms with Gasteiger partial charge in [-0.3, -0.25) is 19.3 Å². The molecule has 0 spiro atoms. The highest BCUT2D eigenvalue weighted by molar-refractivity contribution is 6.20. The summed E-state index contributed by atoms with van der Waals surface area (Å²) < 4.78 is 39.3. The molecule has 0 atom stereocenters. The molecule has 4 rings (SSSR count). The van der Waals surface area contributed by atoms with Gasteiger partial charge in [0.1, 0.15) is 0 Å². The molecule has 1 fully saturated rings. The molecule has 1 aliphatic heterocycles. The number of anilines is 2. The standard InChI is InChI=1S/C22H17F3N4O3/c1-13-16(3-2-4-17(13)29-19(30)9-10-20(29)31)26-21(32)14-5-7-15(8-6-14)28-12-11-18(27-28)22(23,24)25/h2-8,11-12H,9-10H2,1H3,(H,26,32). The molecule has 0 bridgehead atoms. The molecule has 1 N–H and O–H groups in total. The topological polar surface area (TPSA) is 84.3 Å². The monoisotopic (exact) mass is 442 g/mol. The molecule has 2 heterocycles. The van der Waals surface area contributed by atoms with Crippen molar-refractivity contribution in [3.05, 3.63) is 71.5 Å². The number of hydrogen-bond acceptors (Lipinski definition) is 4. The molecule has 1 aromatic heterocycles. The lowest BCUT2D eigenvalue weighted by molar-refractivity contribution is -0.141. The quantitative estimate of drug-likeness (QED) is 0.617. The number of alkyl halides is 3. The van der Waals surface area contributed by atoms with E-state index in [0.717, 1.165) is 15.6 Å². The maximum absolute atomic E-state index is 12.7. The van der Waals surface area contributed by atoms with Crippen LogP contribution in [0.4, 0.5) is 24.5 Å². The molecule has 10 heteroatoms. The van der Waals surface area contributed by atoms with Crippen molar-refractivity contribution < 1.29 is 27.6 Å². The van der Waals surface area contributed by atoms with Crippen molar-refractivity contribution in [2.24, 2.45) is 0 Å². The zero-order valence-corrected chi connectivity index (χ0v) is 16.8. The van der Waals surface area contributed by atoms with E-state index >= 15 is 0 Å². The second-order valence-corrected chi connectivity index (χ2v) is 7.22. The molecule has 0 unspecified atom stereocenters. The fraction of sp³-hybridized carbons (Fsp3) is 0.182. The number of nitrogens with zero attached hydrogens (tertiary/aromatic N) is 3. The van der Waals surface area contributed by atoms with Crippen LogP contribution in [0.15, 0.2) is 54.7 Å². The molecule has 2 aromatic carbocycles. The van der Waals surface area contributed by atoms with Gasteiger partial charge in [0.25, 0.3) is 5.91 Å². The summed E-state index contributed by atoms with van der Waals surface area (Å²) >= 11 is 0. The van der Waals surface area contributed by atoms with Crippen molar-refractivity contribution >= 4 is 29.1 Å². The summed E-state index contributed by atoms with van der Waals surface area (Å²) in [7, 11) is 0. The Bertz CT molecular complexity index is 1200. The number of benzene rings is 2. The van der Waals surface area contributed by atoms with Crippen molar-refractivity contribution in [2.45, 2.75) is 25.9 Å². The van der Waals surface area contributed by atoms with Crippen LogP contribution in [-0.4, -0.2) is 27.5 Å². The third-order valence-electron chi connectivity index (χ3n) is 5.12. The summed E-state index contributed by atoms with van der Waals surface area (Å²) in [5.74, 6) is -1.03. The molecule has 1 saturated heterocycles. The van der Waals surface area contributed by atoms with Crippen LogP contribution in [0.3, 0.4) is 0 Å². The van der Waals surface area contributed by atoms with Gasteiger partial charge in [0.15, 0.2) is 5.69 Å². The summed E-state index contributed by atoms with van der Waals surface area (Å²) in [6.45, 7) is 1.70. The second kappa shape index (κ2) is 7.95. The molecule has 0 aliphatic carbocycles. The SMILES string of the molecule is Cc1c(NC(=O)c2ccc(-n3ccc(C(F)(F)F)n3)cc2)cccc1N1C(=O)CCC1=O.